The summed E-state index contributed by atoms with van der Waals surface area (Å²) >= 11 is 0. The van der Waals surface area contributed by atoms with Gasteiger partial charge in [-0.2, -0.15) is 5.26 Å². The molecule has 0 unspecified atom stereocenters. The van der Waals surface area contributed by atoms with Crippen LogP contribution < -0.4 is 10.2 Å². The van der Waals surface area contributed by atoms with E-state index in [2.05, 4.69) is 50.1 Å². The molecule has 4 heteroatoms. The third-order valence-corrected chi connectivity index (χ3v) is 4.22. The number of hydrogen-bond donors (Lipinski definition) is 1. The quantitative estimate of drug-likeness (QED) is 0.688. The van der Waals surface area contributed by atoms with Crippen LogP contribution in [0.4, 0.5) is 5.69 Å². The number of nitrogens with one attached hydrogen (secondary N) is 1. The first-order chi connectivity index (χ1) is 10.8. The number of carbonyl (C=O) groups is 1. The van der Waals surface area contributed by atoms with Crippen molar-refractivity contribution in [2.45, 2.75) is 33.2 Å². The van der Waals surface area contributed by atoms with Gasteiger partial charge in [0, 0.05) is 24.8 Å². The number of nitrogens with zero attached hydrogens (tertiary/aromatic N) is 2. The van der Waals surface area contributed by atoms with Crippen molar-refractivity contribution in [1.29, 1.82) is 5.26 Å². The maximum atomic E-state index is 11.7. The van der Waals surface area contributed by atoms with Crippen molar-refractivity contribution in [2.75, 3.05) is 18.5 Å². The first-order valence-corrected chi connectivity index (χ1v) is 7.79. The van der Waals surface area contributed by atoms with Crippen LogP contribution in [0.1, 0.15) is 38.8 Å². The zero-order valence-electron chi connectivity index (χ0n) is 14.4. The Kier molecular flexibility index (Phi) is 4.60. The maximum Gasteiger partial charge on any atom is 0.261 e. The average Bonchev–Trinajstić information content (AvgIpc) is 2.51. The summed E-state index contributed by atoms with van der Waals surface area (Å²) in [5.74, 6) is -0.367. The molecule has 0 radical (unpaired) electrons. The lowest BCUT2D eigenvalue weighted by Crippen LogP contribution is -2.44. The van der Waals surface area contributed by atoms with Crippen molar-refractivity contribution >= 4 is 23.2 Å². The molecule has 1 heterocycles. The van der Waals surface area contributed by atoms with Crippen LogP contribution in [0, 0.1) is 11.3 Å². The molecule has 0 atom stereocenters. The first-order valence-electron chi connectivity index (χ1n) is 7.79. The minimum Gasteiger partial charge on any atom is -0.363 e. The SMILES string of the molecule is CCN1c2ccc(/C=C(/C#N)C(=O)NC)cc2C(C)=CC1(C)C. The highest BCUT2D eigenvalue weighted by atomic mass is 16.1. The molecule has 23 heavy (non-hydrogen) atoms. The summed E-state index contributed by atoms with van der Waals surface area (Å²) < 4.78 is 0. The van der Waals surface area contributed by atoms with Crippen LogP contribution in [-0.2, 0) is 4.79 Å². The lowest BCUT2D eigenvalue weighted by atomic mass is 9.88. The van der Waals surface area contributed by atoms with E-state index in [-0.39, 0.29) is 17.0 Å². The average molecular weight is 309 g/mol. The summed E-state index contributed by atoms with van der Waals surface area (Å²) in [6, 6.07) is 8.02. The minimum atomic E-state index is -0.367. The van der Waals surface area contributed by atoms with Gasteiger partial charge in [-0.15, -0.1) is 0 Å². The van der Waals surface area contributed by atoms with Gasteiger partial charge in [-0.25, -0.2) is 0 Å². The Labute approximate surface area is 138 Å². The Balaban J connectivity index is 2.53. The number of rotatable bonds is 3. The fourth-order valence-electron chi connectivity index (χ4n) is 3.22. The van der Waals surface area contributed by atoms with Gasteiger partial charge in [-0.3, -0.25) is 4.79 Å². The highest BCUT2D eigenvalue weighted by molar-refractivity contribution is 6.01. The molecule has 4 nitrogen and oxygen atoms in total. The second-order valence-corrected chi connectivity index (χ2v) is 6.25. The van der Waals surface area contributed by atoms with E-state index in [1.54, 1.807) is 6.08 Å². The van der Waals surface area contributed by atoms with E-state index < -0.39 is 0 Å². The predicted molar refractivity (Wildman–Crippen MR) is 94.8 cm³/mol. The molecule has 0 spiro atoms. The molecule has 0 aromatic heterocycles. The summed E-state index contributed by atoms with van der Waals surface area (Å²) in [6.45, 7) is 9.57. The maximum absolute atomic E-state index is 11.7. The summed E-state index contributed by atoms with van der Waals surface area (Å²) in [5.41, 5.74) is 4.49. The number of benzene rings is 1. The number of amides is 1. The number of fused-ring (bicyclic) bond motifs is 1. The van der Waals surface area contributed by atoms with Crippen molar-refractivity contribution in [3.63, 3.8) is 0 Å². The van der Waals surface area contributed by atoms with Gasteiger partial charge in [-0.05, 0) is 57.0 Å². The summed E-state index contributed by atoms with van der Waals surface area (Å²) in [5, 5.41) is 11.6. The van der Waals surface area contributed by atoms with E-state index >= 15 is 0 Å². The molecule has 2 rings (SSSR count). The van der Waals surface area contributed by atoms with Crippen LogP contribution in [0.2, 0.25) is 0 Å². The smallest absolute Gasteiger partial charge is 0.261 e. The Bertz CT molecular complexity index is 735. The van der Waals surface area contributed by atoms with E-state index in [9.17, 15) is 4.79 Å². The molecule has 1 aliphatic heterocycles. The highest BCUT2D eigenvalue weighted by Gasteiger charge is 2.29. The second kappa shape index (κ2) is 6.29. The second-order valence-electron chi connectivity index (χ2n) is 6.25. The predicted octanol–water partition coefficient (Wildman–Crippen LogP) is 3.36. The fraction of sp³-hybridized carbons (Fsp3) is 0.368. The topological polar surface area (TPSA) is 56.1 Å². The molecule has 1 N–H and O–H groups in total. The lowest BCUT2D eigenvalue weighted by Gasteiger charge is -2.42. The van der Waals surface area contributed by atoms with E-state index in [0.29, 0.717) is 0 Å². The van der Waals surface area contributed by atoms with Crippen molar-refractivity contribution in [2.24, 2.45) is 0 Å². The van der Waals surface area contributed by atoms with Gasteiger partial charge < -0.3 is 10.2 Å². The molecule has 0 bridgehead atoms. The molecule has 0 aliphatic carbocycles. The summed E-state index contributed by atoms with van der Waals surface area (Å²) in [7, 11) is 1.52. The molecule has 0 fully saturated rings. The monoisotopic (exact) mass is 309 g/mol. The van der Waals surface area contributed by atoms with E-state index in [0.717, 1.165) is 17.7 Å². The van der Waals surface area contributed by atoms with Crippen LogP contribution in [0.5, 0.6) is 0 Å². The van der Waals surface area contributed by atoms with Crippen LogP contribution >= 0.6 is 0 Å². The van der Waals surface area contributed by atoms with Crippen LogP contribution in [0.15, 0.2) is 29.8 Å². The number of allylic oxidation sites excluding steroid dienone is 1. The third-order valence-electron chi connectivity index (χ3n) is 4.22. The van der Waals surface area contributed by atoms with Crippen LogP contribution in [-0.4, -0.2) is 25.0 Å². The van der Waals surface area contributed by atoms with Gasteiger partial charge in [0.05, 0.1) is 5.54 Å². The molecular weight excluding hydrogens is 286 g/mol. The van der Waals surface area contributed by atoms with Crippen molar-refractivity contribution in [3.8, 4) is 6.07 Å². The van der Waals surface area contributed by atoms with E-state index in [1.807, 2.05) is 18.2 Å². The van der Waals surface area contributed by atoms with Gasteiger partial charge in [0.2, 0.25) is 0 Å². The lowest BCUT2D eigenvalue weighted by molar-refractivity contribution is -0.116. The standard InChI is InChI=1S/C19H23N3O/c1-6-22-17-8-7-14(9-15(12-20)18(23)21-5)10-16(17)13(2)11-19(22,3)4/h7-11H,6H2,1-5H3,(H,21,23)/b15-9-. The third kappa shape index (κ3) is 3.14. The number of hydrogen-bond acceptors (Lipinski definition) is 3. The highest BCUT2D eigenvalue weighted by Crippen LogP contribution is 2.39. The zero-order chi connectivity index (χ0) is 17.2. The van der Waals surface area contributed by atoms with Gasteiger partial charge in [-0.1, -0.05) is 12.1 Å². The molecule has 120 valence electrons. The van der Waals surface area contributed by atoms with Crippen LogP contribution in [0.25, 0.3) is 11.6 Å². The van der Waals surface area contributed by atoms with Gasteiger partial charge >= 0.3 is 0 Å². The Morgan fingerprint density at radius 1 is 1.43 bits per heavy atom. The number of anilines is 1. The van der Waals surface area contributed by atoms with Gasteiger partial charge in [0.15, 0.2) is 0 Å². The molecule has 0 saturated carbocycles. The molecule has 1 aromatic carbocycles. The van der Waals surface area contributed by atoms with Crippen molar-refractivity contribution < 1.29 is 4.79 Å². The molecular formula is C19H23N3O. The molecule has 0 saturated heterocycles. The number of carbonyl (C=O) groups excluding carboxylic acids is 1. The van der Waals surface area contributed by atoms with E-state index in [4.69, 9.17) is 5.26 Å². The van der Waals surface area contributed by atoms with Gasteiger partial charge in [0.25, 0.3) is 5.91 Å². The van der Waals surface area contributed by atoms with Crippen LogP contribution in [0.3, 0.4) is 0 Å². The van der Waals surface area contributed by atoms with Gasteiger partial charge in [0.1, 0.15) is 11.6 Å². The molecule has 1 aliphatic rings. The number of nitriles is 1. The largest absolute Gasteiger partial charge is 0.363 e. The Morgan fingerprint density at radius 2 is 2.13 bits per heavy atom. The summed E-state index contributed by atoms with van der Waals surface area (Å²) in [4.78, 5) is 14.0. The van der Waals surface area contributed by atoms with E-state index in [1.165, 1.54) is 18.3 Å². The first kappa shape index (κ1) is 16.8. The normalized spacial score (nSPS) is 16.3. The molecule has 1 amide bonds. The Hall–Kier alpha value is -2.54. The van der Waals surface area contributed by atoms with Crippen molar-refractivity contribution in [1.82, 2.24) is 5.32 Å². The number of likely N-dealkylation sites (N-methyl/N-ethyl adjacent to an activating group) is 2. The minimum absolute atomic E-state index is 0.0247. The molecule has 1 aromatic rings. The van der Waals surface area contributed by atoms with Crippen molar-refractivity contribution in [3.05, 3.63) is 41.0 Å². The summed E-state index contributed by atoms with van der Waals surface area (Å²) in [6.07, 6.45) is 3.89. The zero-order valence-corrected chi connectivity index (χ0v) is 14.4. The fourth-order valence-corrected chi connectivity index (χ4v) is 3.22. The Morgan fingerprint density at radius 3 is 2.70 bits per heavy atom.